The Morgan fingerprint density at radius 3 is 2.61 bits per heavy atom. The SMILES string of the molecule is Cc1ccc(S(=O)(=O)NCCCC(=O)Oc2ccc3c4c(c(=O)oc3c2)CCC4)cc1. The lowest BCUT2D eigenvalue weighted by Crippen LogP contribution is -2.25. The molecular formula is C23H23NO6S. The molecule has 1 heterocycles. The van der Waals surface area contributed by atoms with Crippen LogP contribution < -0.4 is 15.1 Å². The van der Waals surface area contributed by atoms with Crippen LogP contribution in [-0.4, -0.2) is 20.9 Å². The van der Waals surface area contributed by atoms with Gasteiger partial charge in [-0.2, -0.15) is 0 Å². The molecule has 1 N–H and O–H groups in total. The first-order valence-corrected chi connectivity index (χ1v) is 11.7. The van der Waals surface area contributed by atoms with E-state index in [0.717, 1.165) is 41.3 Å². The van der Waals surface area contributed by atoms with E-state index in [0.29, 0.717) is 17.8 Å². The molecule has 31 heavy (non-hydrogen) atoms. The molecule has 162 valence electrons. The fourth-order valence-corrected chi connectivity index (χ4v) is 4.82. The molecular weight excluding hydrogens is 418 g/mol. The van der Waals surface area contributed by atoms with E-state index in [1.807, 2.05) is 6.92 Å². The number of fused-ring (bicyclic) bond motifs is 3. The number of sulfonamides is 1. The van der Waals surface area contributed by atoms with Crippen molar-refractivity contribution < 1.29 is 22.4 Å². The van der Waals surface area contributed by atoms with E-state index in [-0.39, 0.29) is 23.5 Å². The molecule has 0 saturated carbocycles. The first-order chi connectivity index (χ1) is 14.8. The number of carbonyl (C=O) groups is 1. The lowest BCUT2D eigenvalue weighted by Gasteiger charge is -2.08. The maximum absolute atomic E-state index is 12.2. The van der Waals surface area contributed by atoms with E-state index < -0.39 is 16.0 Å². The molecule has 1 aliphatic carbocycles. The molecule has 0 fully saturated rings. The van der Waals surface area contributed by atoms with Gasteiger partial charge in [0.1, 0.15) is 11.3 Å². The van der Waals surface area contributed by atoms with Gasteiger partial charge in [0.15, 0.2) is 0 Å². The van der Waals surface area contributed by atoms with Crippen LogP contribution in [0, 0.1) is 6.92 Å². The Kier molecular flexibility index (Phi) is 5.93. The number of carbonyl (C=O) groups excluding carboxylic acids is 1. The van der Waals surface area contributed by atoms with Gasteiger partial charge in [-0.3, -0.25) is 4.79 Å². The van der Waals surface area contributed by atoms with Crippen LogP contribution in [0.1, 0.15) is 36.0 Å². The summed E-state index contributed by atoms with van der Waals surface area (Å²) in [5.74, 6) is -0.198. The van der Waals surface area contributed by atoms with E-state index >= 15 is 0 Å². The molecule has 8 heteroatoms. The third kappa shape index (κ3) is 4.70. The van der Waals surface area contributed by atoms with E-state index in [4.69, 9.17) is 9.15 Å². The summed E-state index contributed by atoms with van der Waals surface area (Å²) in [6.07, 6.45) is 2.85. The minimum absolute atomic E-state index is 0.0442. The normalized spacial score (nSPS) is 13.3. The van der Waals surface area contributed by atoms with Crippen LogP contribution in [-0.2, 0) is 27.7 Å². The highest BCUT2D eigenvalue weighted by atomic mass is 32.2. The van der Waals surface area contributed by atoms with Gasteiger partial charge in [-0.25, -0.2) is 17.9 Å². The van der Waals surface area contributed by atoms with Crippen LogP contribution in [0.3, 0.4) is 0 Å². The van der Waals surface area contributed by atoms with Gasteiger partial charge >= 0.3 is 11.6 Å². The van der Waals surface area contributed by atoms with E-state index in [2.05, 4.69) is 4.72 Å². The molecule has 0 aliphatic heterocycles. The lowest BCUT2D eigenvalue weighted by atomic mass is 10.1. The summed E-state index contributed by atoms with van der Waals surface area (Å²) in [7, 11) is -3.61. The minimum atomic E-state index is -3.61. The summed E-state index contributed by atoms with van der Waals surface area (Å²) < 4.78 is 37.7. The van der Waals surface area contributed by atoms with Gasteiger partial charge in [0.05, 0.1) is 4.90 Å². The number of nitrogens with one attached hydrogen (secondary N) is 1. The van der Waals surface area contributed by atoms with Crippen LogP contribution >= 0.6 is 0 Å². The lowest BCUT2D eigenvalue weighted by molar-refractivity contribution is -0.134. The Balaban J connectivity index is 1.33. The Bertz CT molecular complexity index is 1290. The fourth-order valence-electron chi connectivity index (χ4n) is 3.75. The largest absolute Gasteiger partial charge is 0.426 e. The molecule has 1 aromatic heterocycles. The molecule has 0 amide bonds. The van der Waals surface area contributed by atoms with Crippen molar-refractivity contribution in [1.29, 1.82) is 0 Å². The highest BCUT2D eigenvalue weighted by Crippen LogP contribution is 2.29. The third-order valence-electron chi connectivity index (χ3n) is 5.36. The predicted molar refractivity (Wildman–Crippen MR) is 116 cm³/mol. The Morgan fingerprint density at radius 1 is 1.10 bits per heavy atom. The van der Waals surface area contributed by atoms with Crippen molar-refractivity contribution >= 4 is 27.0 Å². The molecule has 0 bridgehead atoms. The summed E-state index contributed by atoms with van der Waals surface area (Å²) in [6.45, 7) is 2.00. The highest BCUT2D eigenvalue weighted by molar-refractivity contribution is 7.89. The summed E-state index contributed by atoms with van der Waals surface area (Å²) >= 11 is 0. The van der Waals surface area contributed by atoms with Crippen molar-refractivity contribution in [3.8, 4) is 5.75 Å². The Labute approximate surface area is 180 Å². The molecule has 2 aromatic carbocycles. The van der Waals surface area contributed by atoms with Crippen molar-refractivity contribution in [3.05, 3.63) is 69.6 Å². The van der Waals surface area contributed by atoms with Crippen molar-refractivity contribution in [2.45, 2.75) is 43.9 Å². The second-order valence-electron chi connectivity index (χ2n) is 7.65. The van der Waals surface area contributed by atoms with E-state index in [1.165, 1.54) is 0 Å². The zero-order valence-corrected chi connectivity index (χ0v) is 18.0. The van der Waals surface area contributed by atoms with Gasteiger partial charge in [-0.05, 0) is 62.4 Å². The van der Waals surface area contributed by atoms with Crippen molar-refractivity contribution in [2.24, 2.45) is 0 Å². The number of hydrogen-bond donors (Lipinski definition) is 1. The maximum Gasteiger partial charge on any atom is 0.339 e. The summed E-state index contributed by atoms with van der Waals surface area (Å²) in [4.78, 5) is 24.4. The van der Waals surface area contributed by atoms with Crippen LogP contribution in [0.5, 0.6) is 5.75 Å². The van der Waals surface area contributed by atoms with Gasteiger partial charge in [0.2, 0.25) is 10.0 Å². The smallest absolute Gasteiger partial charge is 0.339 e. The number of benzene rings is 2. The average molecular weight is 442 g/mol. The van der Waals surface area contributed by atoms with Crippen molar-refractivity contribution in [1.82, 2.24) is 4.72 Å². The molecule has 0 spiro atoms. The fraction of sp³-hybridized carbons (Fsp3) is 0.304. The molecule has 0 atom stereocenters. The zero-order valence-electron chi connectivity index (χ0n) is 17.1. The van der Waals surface area contributed by atoms with Gasteiger partial charge in [-0.1, -0.05) is 17.7 Å². The number of esters is 1. The first-order valence-electron chi connectivity index (χ1n) is 10.2. The van der Waals surface area contributed by atoms with Gasteiger partial charge in [0.25, 0.3) is 0 Å². The van der Waals surface area contributed by atoms with Crippen LogP contribution in [0.15, 0.2) is 56.6 Å². The molecule has 0 saturated heterocycles. The third-order valence-corrected chi connectivity index (χ3v) is 6.83. The topological polar surface area (TPSA) is 103 Å². The highest BCUT2D eigenvalue weighted by Gasteiger charge is 2.20. The summed E-state index contributed by atoms with van der Waals surface area (Å²) in [5.41, 5.74) is 2.81. The molecule has 4 rings (SSSR count). The molecule has 3 aromatic rings. The number of hydrogen-bond acceptors (Lipinski definition) is 6. The maximum atomic E-state index is 12.2. The van der Waals surface area contributed by atoms with Gasteiger partial charge in [-0.15, -0.1) is 0 Å². The van der Waals surface area contributed by atoms with E-state index in [9.17, 15) is 18.0 Å². The first kappa shape index (κ1) is 21.3. The van der Waals surface area contributed by atoms with Crippen LogP contribution in [0.25, 0.3) is 11.0 Å². The van der Waals surface area contributed by atoms with Crippen LogP contribution in [0.4, 0.5) is 0 Å². The second-order valence-corrected chi connectivity index (χ2v) is 9.41. The average Bonchev–Trinajstić information content (AvgIpc) is 3.22. The number of ether oxygens (including phenoxy) is 1. The van der Waals surface area contributed by atoms with Gasteiger partial charge < -0.3 is 9.15 Å². The zero-order chi connectivity index (χ0) is 22.0. The molecule has 7 nitrogen and oxygen atoms in total. The quantitative estimate of drug-likeness (QED) is 0.261. The summed E-state index contributed by atoms with van der Waals surface area (Å²) in [6, 6.07) is 11.6. The second kappa shape index (κ2) is 8.64. The van der Waals surface area contributed by atoms with E-state index in [1.54, 1.807) is 42.5 Å². The number of aryl methyl sites for hydroxylation is 2. The Hall–Kier alpha value is -2.97. The van der Waals surface area contributed by atoms with Crippen molar-refractivity contribution in [2.75, 3.05) is 6.54 Å². The van der Waals surface area contributed by atoms with Crippen LogP contribution in [0.2, 0.25) is 0 Å². The molecule has 0 unspecified atom stereocenters. The predicted octanol–water partition coefficient (Wildman–Crippen LogP) is 3.25. The minimum Gasteiger partial charge on any atom is -0.426 e. The van der Waals surface area contributed by atoms with Crippen molar-refractivity contribution in [3.63, 3.8) is 0 Å². The summed E-state index contributed by atoms with van der Waals surface area (Å²) in [5, 5.41) is 0.873. The molecule has 0 radical (unpaired) electrons. The Morgan fingerprint density at radius 2 is 1.84 bits per heavy atom. The van der Waals surface area contributed by atoms with Gasteiger partial charge in [0, 0.05) is 30.0 Å². The molecule has 1 aliphatic rings. The monoisotopic (exact) mass is 441 g/mol. The number of rotatable bonds is 7. The standard InChI is InChI=1S/C23H23NO6S/c1-15-7-10-17(11-8-15)31(27,28)24-13-3-6-22(25)29-16-9-12-19-18-4-2-5-20(18)23(26)30-21(19)14-16/h7-12,14,24H,2-6,13H2,1H3.